The molecule has 4 aliphatic carbocycles. The predicted octanol–water partition coefficient (Wildman–Crippen LogP) is 6.46. The molecule has 1 atom stereocenters. The molecule has 2 aromatic rings. The van der Waals surface area contributed by atoms with E-state index in [1.54, 1.807) is 0 Å². The molecule has 0 heteroatoms. The molecule has 0 N–H and O–H groups in total. The SMILES string of the molecule is C1=CC2=CC=CC3=C4C(c5ccccc5)=CC(c5ccccc5)=C4C(=C1)C23. The quantitative estimate of drug-likeness (QED) is 0.588. The fourth-order valence-corrected chi connectivity index (χ4v) is 4.80. The van der Waals surface area contributed by atoms with E-state index < -0.39 is 0 Å². The Balaban J connectivity index is 1.67. The van der Waals surface area contributed by atoms with Crippen molar-refractivity contribution in [1.29, 1.82) is 0 Å². The van der Waals surface area contributed by atoms with Crippen molar-refractivity contribution in [3.8, 4) is 0 Å². The maximum atomic E-state index is 2.39. The van der Waals surface area contributed by atoms with Gasteiger partial charge in [-0.1, -0.05) is 97.1 Å². The molecule has 0 radical (unpaired) electrons. The van der Waals surface area contributed by atoms with Gasteiger partial charge in [0.25, 0.3) is 0 Å². The monoisotopic (exact) mass is 342 g/mol. The zero-order chi connectivity index (χ0) is 17.8. The highest BCUT2D eigenvalue weighted by atomic mass is 14.4. The van der Waals surface area contributed by atoms with Crippen molar-refractivity contribution >= 4 is 11.1 Å². The van der Waals surface area contributed by atoms with Crippen LogP contribution in [0, 0.1) is 5.92 Å². The molecule has 0 bridgehead atoms. The van der Waals surface area contributed by atoms with E-state index in [-0.39, 0.29) is 0 Å². The molecule has 0 aliphatic heterocycles. The molecule has 1 unspecified atom stereocenters. The van der Waals surface area contributed by atoms with E-state index in [9.17, 15) is 0 Å². The molecule has 6 rings (SSSR count). The van der Waals surface area contributed by atoms with Crippen molar-refractivity contribution in [2.75, 3.05) is 0 Å². The predicted molar refractivity (Wildman–Crippen MR) is 113 cm³/mol. The van der Waals surface area contributed by atoms with Crippen LogP contribution in [0.2, 0.25) is 0 Å². The first-order valence-electron chi connectivity index (χ1n) is 9.50. The summed E-state index contributed by atoms with van der Waals surface area (Å²) in [5.41, 5.74) is 12.4. The third-order valence-electron chi connectivity index (χ3n) is 5.91. The van der Waals surface area contributed by atoms with E-state index in [1.807, 2.05) is 0 Å². The van der Waals surface area contributed by atoms with Crippen molar-refractivity contribution in [2.45, 2.75) is 0 Å². The summed E-state index contributed by atoms with van der Waals surface area (Å²) >= 11 is 0. The second-order valence-corrected chi connectivity index (χ2v) is 7.35. The normalized spacial score (nSPS) is 21.8. The standard InChI is InChI=1S/C27H18/c1-3-9-18(10-4-1)23-17-24(19-11-5-2-6-12-19)27-22-16-8-14-20-13-7-15-21(25(20)22)26(23)27/h1-17,25H. The van der Waals surface area contributed by atoms with Gasteiger partial charge >= 0.3 is 0 Å². The molecule has 0 spiro atoms. The van der Waals surface area contributed by atoms with E-state index in [4.69, 9.17) is 0 Å². The van der Waals surface area contributed by atoms with Gasteiger partial charge in [-0.25, -0.2) is 0 Å². The second kappa shape index (κ2) is 5.56. The molecule has 126 valence electrons. The van der Waals surface area contributed by atoms with Crippen LogP contribution in [-0.4, -0.2) is 0 Å². The van der Waals surface area contributed by atoms with Crippen LogP contribution in [0.3, 0.4) is 0 Å². The Morgan fingerprint density at radius 3 is 2.11 bits per heavy atom. The lowest BCUT2D eigenvalue weighted by Gasteiger charge is -2.23. The molecule has 0 fully saturated rings. The van der Waals surface area contributed by atoms with Gasteiger partial charge in [0.1, 0.15) is 0 Å². The largest absolute Gasteiger partial charge is 0.0622 e. The van der Waals surface area contributed by atoms with Crippen molar-refractivity contribution in [3.63, 3.8) is 0 Å². The van der Waals surface area contributed by atoms with Gasteiger partial charge in [-0.3, -0.25) is 0 Å². The van der Waals surface area contributed by atoms with Gasteiger partial charge in [-0.05, 0) is 56.2 Å². The summed E-state index contributed by atoms with van der Waals surface area (Å²) in [6.07, 6.45) is 15.9. The summed E-state index contributed by atoms with van der Waals surface area (Å²) in [4.78, 5) is 0. The molecule has 27 heavy (non-hydrogen) atoms. The number of rotatable bonds is 2. The first kappa shape index (κ1) is 14.8. The highest BCUT2D eigenvalue weighted by Gasteiger charge is 2.41. The lowest BCUT2D eigenvalue weighted by Crippen LogP contribution is -2.09. The average molecular weight is 342 g/mol. The zero-order valence-corrected chi connectivity index (χ0v) is 14.9. The summed E-state index contributed by atoms with van der Waals surface area (Å²) in [6.45, 7) is 0. The Kier molecular flexibility index (Phi) is 3.04. The number of hydrogen-bond acceptors (Lipinski definition) is 0. The van der Waals surface area contributed by atoms with Gasteiger partial charge < -0.3 is 0 Å². The molecule has 0 heterocycles. The maximum absolute atomic E-state index is 2.39. The van der Waals surface area contributed by atoms with E-state index in [0.29, 0.717) is 5.92 Å². The average Bonchev–Trinajstić information content (AvgIpc) is 3.28. The maximum Gasteiger partial charge on any atom is 0.0352 e. The first-order valence-corrected chi connectivity index (χ1v) is 9.50. The fraction of sp³-hybridized carbons (Fsp3) is 0.0370. The van der Waals surface area contributed by atoms with Gasteiger partial charge in [-0.2, -0.15) is 0 Å². The van der Waals surface area contributed by atoms with Gasteiger partial charge in [0.05, 0.1) is 0 Å². The molecule has 0 saturated heterocycles. The molecule has 0 aromatic heterocycles. The van der Waals surface area contributed by atoms with Crippen LogP contribution >= 0.6 is 0 Å². The van der Waals surface area contributed by atoms with E-state index in [0.717, 1.165) is 0 Å². The minimum Gasteiger partial charge on any atom is -0.0622 e. The Hall–Kier alpha value is -3.38. The van der Waals surface area contributed by atoms with E-state index in [2.05, 4.69) is 103 Å². The third kappa shape index (κ3) is 2.04. The smallest absolute Gasteiger partial charge is 0.0352 e. The van der Waals surface area contributed by atoms with Crippen LogP contribution in [0.1, 0.15) is 11.1 Å². The minimum absolute atomic E-state index is 0.385. The number of benzene rings is 2. The lowest BCUT2D eigenvalue weighted by atomic mass is 9.80. The van der Waals surface area contributed by atoms with Gasteiger partial charge in [0, 0.05) is 5.92 Å². The number of hydrogen-bond donors (Lipinski definition) is 0. The van der Waals surface area contributed by atoms with Crippen LogP contribution in [0.15, 0.2) is 131 Å². The highest BCUT2D eigenvalue weighted by molar-refractivity contribution is 6.07. The van der Waals surface area contributed by atoms with Gasteiger partial charge in [0.15, 0.2) is 0 Å². The Labute approximate surface area is 159 Å². The minimum atomic E-state index is 0.385. The van der Waals surface area contributed by atoms with E-state index >= 15 is 0 Å². The topological polar surface area (TPSA) is 0 Å². The van der Waals surface area contributed by atoms with Crippen molar-refractivity contribution < 1.29 is 0 Å². The molecular weight excluding hydrogens is 324 g/mol. The van der Waals surface area contributed by atoms with Crippen molar-refractivity contribution in [1.82, 2.24) is 0 Å². The number of fused-ring (bicyclic) bond motifs is 2. The fourth-order valence-electron chi connectivity index (χ4n) is 4.80. The summed E-state index contributed by atoms with van der Waals surface area (Å²) in [7, 11) is 0. The Morgan fingerprint density at radius 1 is 0.630 bits per heavy atom. The van der Waals surface area contributed by atoms with Gasteiger partial charge in [-0.15, -0.1) is 0 Å². The van der Waals surface area contributed by atoms with Crippen molar-refractivity contribution in [3.05, 3.63) is 142 Å². The molecule has 2 aromatic carbocycles. The third-order valence-corrected chi connectivity index (χ3v) is 5.91. The summed E-state index contributed by atoms with van der Waals surface area (Å²) in [6, 6.07) is 21.6. The summed E-state index contributed by atoms with van der Waals surface area (Å²) < 4.78 is 0. The van der Waals surface area contributed by atoms with Crippen LogP contribution in [0.25, 0.3) is 11.1 Å². The summed E-state index contributed by atoms with van der Waals surface area (Å²) in [5.74, 6) is 0.385. The van der Waals surface area contributed by atoms with Crippen LogP contribution in [0.5, 0.6) is 0 Å². The number of allylic oxidation sites excluding steroid dienone is 14. The zero-order valence-electron chi connectivity index (χ0n) is 14.9. The van der Waals surface area contributed by atoms with E-state index in [1.165, 1.54) is 50.1 Å². The highest BCUT2D eigenvalue weighted by Crippen LogP contribution is 2.57. The molecule has 0 amide bonds. The second-order valence-electron chi connectivity index (χ2n) is 7.35. The first-order chi connectivity index (χ1) is 13.4. The molecule has 4 aliphatic rings. The summed E-state index contributed by atoms with van der Waals surface area (Å²) in [5, 5.41) is 0. The van der Waals surface area contributed by atoms with Gasteiger partial charge in [0.2, 0.25) is 0 Å². The Bertz CT molecular complexity index is 1170. The van der Waals surface area contributed by atoms with Crippen LogP contribution in [-0.2, 0) is 0 Å². The lowest BCUT2D eigenvalue weighted by molar-refractivity contribution is 0.909. The van der Waals surface area contributed by atoms with Crippen LogP contribution < -0.4 is 0 Å². The van der Waals surface area contributed by atoms with Crippen LogP contribution in [0.4, 0.5) is 0 Å². The molecule has 0 saturated carbocycles. The molecular formula is C27H18. The molecule has 0 nitrogen and oxygen atoms in total. The van der Waals surface area contributed by atoms with Crippen molar-refractivity contribution in [2.24, 2.45) is 5.92 Å². The Morgan fingerprint density at radius 2 is 1.33 bits per heavy atom.